The smallest absolute Gasteiger partial charge is 0.122 e. The van der Waals surface area contributed by atoms with Gasteiger partial charge in [-0.2, -0.15) is 0 Å². The lowest BCUT2D eigenvalue weighted by Gasteiger charge is -2.17. The maximum atomic E-state index is 6.10. The van der Waals surface area contributed by atoms with Gasteiger partial charge in [0.1, 0.15) is 18.2 Å². The van der Waals surface area contributed by atoms with Crippen LogP contribution in [0, 0.1) is 12.8 Å². The van der Waals surface area contributed by atoms with Crippen molar-refractivity contribution < 1.29 is 4.74 Å². The predicted octanol–water partition coefficient (Wildman–Crippen LogP) is 6.77. The molecule has 31 heavy (non-hydrogen) atoms. The summed E-state index contributed by atoms with van der Waals surface area (Å²) in [7, 11) is 0. The summed E-state index contributed by atoms with van der Waals surface area (Å²) in [6, 6.07) is 25.6. The Hall–Kier alpha value is -3.07. The third kappa shape index (κ3) is 4.82. The standard InChI is InChI=1S/C28H32N2O/c1-20(2)19-23-13-15-24(16-14-23)22(4)28-29-25-10-6-7-11-26(25)30(28)17-18-31-27-12-8-5-9-21(27)3/h5-16,20,22H,17-19H2,1-4H3/t22-/m1/s1. The zero-order valence-electron chi connectivity index (χ0n) is 19.0. The molecule has 160 valence electrons. The molecule has 0 radical (unpaired) electrons. The lowest BCUT2D eigenvalue weighted by Crippen LogP contribution is -2.14. The van der Waals surface area contributed by atoms with Gasteiger partial charge in [-0.25, -0.2) is 4.98 Å². The first kappa shape index (κ1) is 21.2. The molecule has 4 rings (SSSR count). The number of para-hydroxylation sites is 3. The Labute approximate surface area is 185 Å². The van der Waals surface area contributed by atoms with Gasteiger partial charge in [0.25, 0.3) is 0 Å². The minimum absolute atomic E-state index is 0.207. The highest BCUT2D eigenvalue weighted by molar-refractivity contribution is 5.76. The zero-order valence-corrected chi connectivity index (χ0v) is 19.0. The molecule has 1 aromatic heterocycles. The van der Waals surface area contributed by atoms with Crippen molar-refractivity contribution in [3.63, 3.8) is 0 Å². The summed E-state index contributed by atoms with van der Waals surface area (Å²) in [5.41, 5.74) is 6.05. The molecule has 0 saturated carbocycles. The van der Waals surface area contributed by atoms with Crippen molar-refractivity contribution in [1.82, 2.24) is 9.55 Å². The van der Waals surface area contributed by atoms with Gasteiger partial charge < -0.3 is 9.30 Å². The van der Waals surface area contributed by atoms with Gasteiger partial charge in [0.05, 0.1) is 17.6 Å². The van der Waals surface area contributed by atoms with E-state index in [9.17, 15) is 0 Å². The maximum absolute atomic E-state index is 6.10. The second-order valence-corrected chi connectivity index (χ2v) is 8.79. The molecule has 1 atom stereocenters. The van der Waals surface area contributed by atoms with E-state index in [1.165, 1.54) is 11.1 Å². The average molecular weight is 413 g/mol. The van der Waals surface area contributed by atoms with Gasteiger partial charge >= 0.3 is 0 Å². The summed E-state index contributed by atoms with van der Waals surface area (Å²) in [6.45, 7) is 10.2. The number of aryl methyl sites for hydroxylation is 1. The first-order chi connectivity index (χ1) is 15.0. The molecule has 0 aliphatic rings. The van der Waals surface area contributed by atoms with Crippen LogP contribution in [-0.2, 0) is 13.0 Å². The SMILES string of the molecule is Cc1ccccc1OCCn1c([C@H](C)c2ccc(CC(C)C)cc2)nc2ccccc21. The monoisotopic (exact) mass is 412 g/mol. The third-order valence-electron chi connectivity index (χ3n) is 5.86. The van der Waals surface area contributed by atoms with Gasteiger partial charge in [0.2, 0.25) is 0 Å². The van der Waals surface area contributed by atoms with Crippen molar-refractivity contribution >= 4 is 11.0 Å². The van der Waals surface area contributed by atoms with E-state index in [2.05, 4.69) is 86.9 Å². The number of fused-ring (bicyclic) bond motifs is 1. The fourth-order valence-electron chi connectivity index (χ4n) is 4.19. The van der Waals surface area contributed by atoms with Gasteiger partial charge in [-0.15, -0.1) is 0 Å². The molecule has 0 fully saturated rings. The number of nitrogens with zero attached hydrogens (tertiary/aromatic N) is 2. The van der Waals surface area contributed by atoms with E-state index in [0.29, 0.717) is 12.5 Å². The Balaban J connectivity index is 1.59. The molecule has 4 aromatic rings. The molecule has 0 bridgehead atoms. The molecule has 0 aliphatic heterocycles. The second kappa shape index (κ2) is 9.38. The van der Waals surface area contributed by atoms with E-state index in [4.69, 9.17) is 9.72 Å². The van der Waals surface area contributed by atoms with Crippen molar-refractivity contribution in [3.8, 4) is 5.75 Å². The molecular weight excluding hydrogens is 380 g/mol. The van der Waals surface area contributed by atoms with Crippen molar-refractivity contribution in [3.05, 3.63) is 95.3 Å². The quantitative estimate of drug-likeness (QED) is 0.319. The van der Waals surface area contributed by atoms with Crippen LogP contribution in [0.3, 0.4) is 0 Å². The molecule has 0 N–H and O–H groups in total. The van der Waals surface area contributed by atoms with Crippen molar-refractivity contribution in [2.45, 2.75) is 46.6 Å². The van der Waals surface area contributed by atoms with E-state index < -0.39 is 0 Å². The highest BCUT2D eigenvalue weighted by atomic mass is 16.5. The van der Waals surface area contributed by atoms with E-state index in [-0.39, 0.29) is 5.92 Å². The van der Waals surface area contributed by atoms with E-state index >= 15 is 0 Å². The van der Waals surface area contributed by atoms with Crippen molar-refractivity contribution in [2.24, 2.45) is 5.92 Å². The summed E-state index contributed by atoms with van der Waals surface area (Å²) in [6.07, 6.45) is 1.11. The lowest BCUT2D eigenvalue weighted by molar-refractivity contribution is 0.296. The summed E-state index contributed by atoms with van der Waals surface area (Å²) in [4.78, 5) is 5.01. The minimum Gasteiger partial charge on any atom is -0.491 e. The number of benzene rings is 3. The van der Waals surface area contributed by atoms with E-state index in [0.717, 1.165) is 41.1 Å². The summed E-state index contributed by atoms with van der Waals surface area (Å²) >= 11 is 0. The Morgan fingerprint density at radius 2 is 1.58 bits per heavy atom. The minimum atomic E-state index is 0.207. The van der Waals surface area contributed by atoms with E-state index in [1.54, 1.807) is 0 Å². The topological polar surface area (TPSA) is 27.1 Å². The van der Waals surface area contributed by atoms with Crippen LogP contribution in [-0.4, -0.2) is 16.2 Å². The Kier molecular flexibility index (Phi) is 6.41. The van der Waals surface area contributed by atoms with Gasteiger partial charge in [0, 0.05) is 5.92 Å². The molecule has 3 aromatic carbocycles. The number of hydrogen-bond donors (Lipinski definition) is 0. The summed E-state index contributed by atoms with van der Waals surface area (Å²) in [5.74, 6) is 2.91. The number of imidazole rings is 1. The van der Waals surface area contributed by atoms with Crippen LogP contribution < -0.4 is 4.74 Å². The van der Waals surface area contributed by atoms with Crippen LogP contribution >= 0.6 is 0 Å². The summed E-state index contributed by atoms with van der Waals surface area (Å²) < 4.78 is 8.42. The number of ether oxygens (including phenoxy) is 1. The molecule has 0 amide bonds. The van der Waals surface area contributed by atoms with Gasteiger partial charge in [-0.05, 0) is 54.2 Å². The number of aromatic nitrogens is 2. The normalized spacial score (nSPS) is 12.4. The summed E-state index contributed by atoms with van der Waals surface area (Å²) in [5, 5.41) is 0. The van der Waals surface area contributed by atoms with Gasteiger partial charge in [-0.1, -0.05) is 75.4 Å². The molecule has 0 saturated heterocycles. The second-order valence-electron chi connectivity index (χ2n) is 8.79. The zero-order chi connectivity index (χ0) is 21.8. The van der Waals surface area contributed by atoms with E-state index in [1.807, 2.05) is 18.2 Å². The fourth-order valence-corrected chi connectivity index (χ4v) is 4.19. The Bertz CT molecular complexity index is 1140. The highest BCUT2D eigenvalue weighted by Crippen LogP contribution is 2.28. The molecule has 0 aliphatic carbocycles. The number of hydrogen-bond acceptors (Lipinski definition) is 2. The van der Waals surface area contributed by atoms with Crippen LogP contribution in [0.1, 0.15) is 49.2 Å². The number of rotatable bonds is 8. The van der Waals surface area contributed by atoms with Crippen LogP contribution in [0.25, 0.3) is 11.0 Å². The molecule has 3 heteroatoms. The molecule has 0 unspecified atom stereocenters. The molecule has 3 nitrogen and oxygen atoms in total. The fraction of sp³-hybridized carbons (Fsp3) is 0.321. The first-order valence-corrected chi connectivity index (χ1v) is 11.3. The predicted molar refractivity (Wildman–Crippen MR) is 129 cm³/mol. The van der Waals surface area contributed by atoms with Crippen LogP contribution in [0.2, 0.25) is 0 Å². The first-order valence-electron chi connectivity index (χ1n) is 11.3. The molecule has 0 spiro atoms. The van der Waals surface area contributed by atoms with Crippen molar-refractivity contribution in [2.75, 3.05) is 6.61 Å². The molecule has 1 heterocycles. The van der Waals surface area contributed by atoms with Crippen LogP contribution in [0.4, 0.5) is 0 Å². The largest absolute Gasteiger partial charge is 0.491 e. The van der Waals surface area contributed by atoms with Crippen LogP contribution in [0.15, 0.2) is 72.8 Å². The lowest BCUT2D eigenvalue weighted by atomic mass is 9.96. The third-order valence-corrected chi connectivity index (χ3v) is 5.86. The molecular formula is C28H32N2O. The van der Waals surface area contributed by atoms with Gasteiger partial charge in [-0.3, -0.25) is 0 Å². The van der Waals surface area contributed by atoms with Gasteiger partial charge in [0.15, 0.2) is 0 Å². The van der Waals surface area contributed by atoms with Crippen molar-refractivity contribution in [1.29, 1.82) is 0 Å². The average Bonchev–Trinajstić information content (AvgIpc) is 3.13. The Morgan fingerprint density at radius 1 is 0.871 bits per heavy atom. The van der Waals surface area contributed by atoms with Crippen LogP contribution in [0.5, 0.6) is 5.75 Å². The highest BCUT2D eigenvalue weighted by Gasteiger charge is 2.18. The maximum Gasteiger partial charge on any atom is 0.122 e. The Morgan fingerprint density at radius 3 is 2.32 bits per heavy atom.